The molecule has 1 unspecified atom stereocenters. The minimum Gasteiger partial charge on any atom is -0.372 e. The predicted octanol–water partition coefficient (Wildman–Crippen LogP) is 4.13. The second-order valence-electron chi connectivity index (χ2n) is 6.19. The number of ether oxygens (including phenoxy) is 1. The van der Waals surface area contributed by atoms with Gasteiger partial charge in [-0.2, -0.15) is 13.2 Å². The molecule has 1 aromatic carbocycles. The topological polar surface area (TPSA) is 21.3 Å². The Kier molecular flexibility index (Phi) is 6.68. The maximum atomic E-state index is 12.1. The predicted molar refractivity (Wildman–Crippen MR) is 78.4 cm³/mol. The van der Waals surface area contributed by atoms with Crippen LogP contribution in [0.1, 0.15) is 38.7 Å². The van der Waals surface area contributed by atoms with Gasteiger partial charge in [0.25, 0.3) is 0 Å². The van der Waals surface area contributed by atoms with Crippen LogP contribution in [0, 0.1) is 0 Å². The standard InChI is InChI=1S/C16H24F3NO/c1-15(2,3)20-11-14(13-7-5-4-6-8-13)9-10-21-12-16(17,18)19/h4-8,14,20H,9-12H2,1-3H3. The van der Waals surface area contributed by atoms with Crippen LogP contribution >= 0.6 is 0 Å². The first-order chi connectivity index (χ1) is 9.67. The van der Waals surface area contributed by atoms with E-state index in [9.17, 15) is 13.2 Å². The van der Waals surface area contributed by atoms with Crippen LogP contribution in [0.2, 0.25) is 0 Å². The monoisotopic (exact) mass is 303 g/mol. The van der Waals surface area contributed by atoms with E-state index in [1.807, 2.05) is 30.3 Å². The molecule has 0 radical (unpaired) electrons. The Morgan fingerprint density at radius 2 is 1.71 bits per heavy atom. The molecule has 2 nitrogen and oxygen atoms in total. The number of nitrogens with one attached hydrogen (secondary N) is 1. The first-order valence-corrected chi connectivity index (χ1v) is 7.12. The number of alkyl halides is 3. The lowest BCUT2D eigenvalue weighted by atomic mass is 9.95. The highest BCUT2D eigenvalue weighted by molar-refractivity contribution is 5.20. The first kappa shape index (κ1) is 18.0. The second-order valence-corrected chi connectivity index (χ2v) is 6.19. The van der Waals surface area contributed by atoms with Gasteiger partial charge in [-0.15, -0.1) is 0 Å². The fourth-order valence-corrected chi connectivity index (χ4v) is 1.95. The number of hydrogen-bond donors (Lipinski definition) is 1. The molecule has 0 heterocycles. The SMILES string of the molecule is CC(C)(C)NCC(CCOCC(F)(F)F)c1ccccc1. The van der Waals surface area contributed by atoms with Crippen molar-refractivity contribution in [3.8, 4) is 0 Å². The van der Waals surface area contributed by atoms with Gasteiger partial charge >= 0.3 is 6.18 Å². The van der Waals surface area contributed by atoms with Gasteiger partial charge in [0.05, 0.1) is 0 Å². The van der Waals surface area contributed by atoms with Crippen LogP contribution in [0.15, 0.2) is 30.3 Å². The third kappa shape index (κ3) is 8.73. The smallest absolute Gasteiger partial charge is 0.372 e. The van der Waals surface area contributed by atoms with Gasteiger partial charge in [0.2, 0.25) is 0 Å². The van der Waals surface area contributed by atoms with Crippen molar-refractivity contribution in [1.82, 2.24) is 5.32 Å². The molecular formula is C16H24F3NO. The molecule has 1 rings (SSSR count). The van der Waals surface area contributed by atoms with E-state index >= 15 is 0 Å². The summed E-state index contributed by atoms with van der Waals surface area (Å²) in [6, 6.07) is 9.81. The van der Waals surface area contributed by atoms with Gasteiger partial charge in [-0.25, -0.2) is 0 Å². The fraction of sp³-hybridized carbons (Fsp3) is 0.625. The van der Waals surface area contributed by atoms with Gasteiger partial charge in [0, 0.05) is 18.7 Å². The van der Waals surface area contributed by atoms with Crippen LogP contribution in [0.3, 0.4) is 0 Å². The van der Waals surface area contributed by atoms with Gasteiger partial charge < -0.3 is 10.1 Å². The van der Waals surface area contributed by atoms with Crippen LogP contribution in [0.25, 0.3) is 0 Å². The van der Waals surface area contributed by atoms with Crippen molar-refractivity contribution in [2.24, 2.45) is 0 Å². The molecule has 0 aromatic heterocycles. The van der Waals surface area contributed by atoms with Crippen LogP contribution < -0.4 is 5.32 Å². The molecule has 120 valence electrons. The summed E-state index contributed by atoms with van der Waals surface area (Å²) in [5, 5.41) is 3.40. The molecule has 0 saturated carbocycles. The van der Waals surface area contributed by atoms with Crippen LogP contribution in [0.5, 0.6) is 0 Å². The van der Waals surface area contributed by atoms with Crippen LogP contribution in [-0.2, 0) is 4.74 Å². The Balaban J connectivity index is 2.53. The molecule has 21 heavy (non-hydrogen) atoms. The van der Waals surface area contributed by atoms with E-state index < -0.39 is 12.8 Å². The summed E-state index contributed by atoms with van der Waals surface area (Å²) in [6.45, 7) is 5.83. The van der Waals surface area contributed by atoms with E-state index in [0.29, 0.717) is 13.0 Å². The summed E-state index contributed by atoms with van der Waals surface area (Å²) in [5.41, 5.74) is 1.09. The minimum absolute atomic E-state index is 0.0279. The van der Waals surface area contributed by atoms with E-state index in [4.69, 9.17) is 4.74 Å². The average molecular weight is 303 g/mol. The summed E-state index contributed by atoms with van der Waals surface area (Å²) in [6.07, 6.45) is -3.70. The number of rotatable bonds is 7. The maximum absolute atomic E-state index is 12.1. The molecule has 1 atom stereocenters. The molecule has 0 fully saturated rings. The number of benzene rings is 1. The van der Waals surface area contributed by atoms with Gasteiger partial charge in [-0.1, -0.05) is 30.3 Å². The highest BCUT2D eigenvalue weighted by atomic mass is 19.4. The maximum Gasteiger partial charge on any atom is 0.411 e. The second kappa shape index (κ2) is 7.80. The van der Waals surface area contributed by atoms with Crippen molar-refractivity contribution in [3.05, 3.63) is 35.9 Å². The molecule has 0 saturated heterocycles. The van der Waals surface area contributed by atoms with Crippen molar-refractivity contribution in [3.63, 3.8) is 0 Å². The van der Waals surface area contributed by atoms with Crippen molar-refractivity contribution < 1.29 is 17.9 Å². The normalized spacial score (nSPS) is 14.2. The molecule has 1 N–H and O–H groups in total. The molecule has 0 amide bonds. The summed E-state index contributed by atoms with van der Waals surface area (Å²) < 4.78 is 40.9. The summed E-state index contributed by atoms with van der Waals surface area (Å²) >= 11 is 0. The molecule has 0 bridgehead atoms. The van der Waals surface area contributed by atoms with Gasteiger partial charge in [0.15, 0.2) is 0 Å². The van der Waals surface area contributed by atoms with Crippen LogP contribution in [-0.4, -0.2) is 31.5 Å². The summed E-state index contributed by atoms with van der Waals surface area (Å²) in [7, 11) is 0. The fourth-order valence-electron chi connectivity index (χ4n) is 1.95. The minimum atomic E-state index is -4.26. The highest BCUT2D eigenvalue weighted by Crippen LogP contribution is 2.21. The Hall–Kier alpha value is -1.07. The largest absolute Gasteiger partial charge is 0.411 e. The molecule has 0 aliphatic carbocycles. The summed E-state index contributed by atoms with van der Waals surface area (Å²) in [5.74, 6) is 0.138. The van der Waals surface area contributed by atoms with Crippen LogP contribution in [0.4, 0.5) is 13.2 Å². The van der Waals surface area contributed by atoms with E-state index in [1.165, 1.54) is 0 Å². The van der Waals surface area contributed by atoms with E-state index in [-0.39, 0.29) is 18.1 Å². The Morgan fingerprint density at radius 3 is 2.24 bits per heavy atom. The molecular weight excluding hydrogens is 279 g/mol. The lowest BCUT2D eigenvalue weighted by molar-refractivity contribution is -0.174. The van der Waals surface area contributed by atoms with E-state index in [2.05, 4.69) is 26.1 Å². The third-order valence-electron chi connectivity index (χ3n) is 3.03. The Bertz CT molecular complexity index is 398. The molecule has 1 aromatic rings. The van der Waals surface area contributed by atoms with Gasteiger partial charge in [0.1, 0.15) is 6.61 Å². The van der Waals surface area contributed by atoms with Crippen molar-refractivity contribution >= 4 is 0 Å². The molecule has 0 aliphatic rings. The molecule has 0 aliphatic heterocycles. The quantitative estimate of drug-likeness (QED) is 0.765. The van der Waals surface area contributed by atoms with E-state index in [0.717, 1.165) is 5.56 Å². The zero-order valence-corrected chi connectivity index (χ0v) is 12.8. The Labute approximate surface area is 124 Å². The number of halogens is 3. The zero-order valence-electron chi connectivity index (χ0n) is 12.8. The lowest BCUT2D eigenvalue weighted by Gasteiger charge is -2.25. The van der Waals surface area contributed by atoms with Gasteiger partial charge in [-0.05, 0) is 38.7 Å². The third-order valence-corrected chi connectivity index (χ3v) is 3.03. The molecule has 0 spiro atoms. The van der Waals surface area contributed by atoms with Gasteiger partial charge in [-0.3, -0.25) is 0 Å². The number of hydrogen-bond acceptors (Lipinski definition) is 2. The summed E-state index contributed by atoms with van der Waals surface area (Å²) in [4.78, 5) is 0. The lowest BCUT2D eigenvalue weighted by Crippen LogP contribution is -2.38. The van der Waals surface area contributed by atoms with Crippen molar-refractivity contribution in [1.29, 1.82) is 0 Å². The average Bonchev–Trinajstić information content (AvgIpc) is 2.36. The Morgan fingerprint density at radius 1 is 1.10 bits per heavy atom. The van der Waals surface area contributed by atoms with Crippen molar-refractivity contribution in [2.75, 3.05) is 19.8 Å². The highest BCUT2D eigenvalue weighted by Gasteiger charge is 2.27. The zero-order chi connectivity index (χ0) is 15.9. The molecule has 5 heteroatoms. The first-order valence-electron chi connectivity index (χ1n) is 7.12. The van der Waals surface area contributed by atoms with E-state index in [1.54, 1.807) is 0 Å². The van der Waals surface area contributed by atoms with Crippen molar-refractivity contribution in [2.45, 2.75) is 44.8 Å².